The van der Waals surface area contributed by atoms with Gasteiger partial charge in [-0.1, -0.05) is 48.5 Å². The lowest BCUT2D eigenvalue weighted by atomic mass is 10.2. The van der Waals surface area contributed by atoms with Crippen LogP contribution in [-0.4, -0.2) is 34.7 Å². The van der Waals surface area contributed by atoms with E-state index in [1.54, 1.807) is 29.2 Å². The van der Waals surface area contributed by atoms with Gasteiger partial charge in [-0.05, 0) is 17.7 Å². The second-order valence-corrected chi connectivity index (χ2v) is 5.79. The van der Waals surface area contributed by atoms with E-state index >= 15 is 0 Å². The van der Waals surface area contributed by atoms with Crippen molar-refractivity contribution in [1.82, 2.24) is 20.4 Å². The summed E-state index contributed by atoms with van der Waals surface area (Å²) in [6.45, 7) is 1.32. The first kappa shape index (κ1) is 17.4. The van der Waals surface area contributed by atoms with E-state index in [1.165, 1.54) is 0 Å². The van der Waals surface area contributed by atoms with Crippen LogP contribution in [0.25, 0.3) is 0 Å². The van der Waals surface area contributed by atoms with Gasteiger partial charge in [0.05, 0.1) is 18.3 Å². The summed E-state index contributed by atoms with van der Waals surface area (Å²) in [6, 6.07) is 18.9. The first-order valence-corrected chi connectivity index (χ1v) is 8.40. The summed E-state index contributed by atoms with van der Waals surface area (Å²) in [5.41, 5.74) is 2.21. The first-order chi connectivity index (χ1) is 12.7. The predicted octanol–water partition coefficient (Wildman–Crippen LogP) is 2.09. The summed E-state index contributed by atoms with van der Waals surface area (Å²) < 4.78 is 1.72. The van der Waals surface area contributed by atoms with Crippen LogP contribution in [-0.2, 0) is 6.54 Å². The van der Waals surface area contributed by atoms with Crippen LogP contribution in [0.4, 0.5) is 0 Å². The number of amides is 2. The molecule has 0 saturated heterocycles. The van der Waals surface area contributed by atoms with Gasteiger partial charge in [0, 0.05) is 24.8 Å². The van der Waals surface area contributed by atoms with Crippen molar-refractivity contribution in [2.45, 2.75) is 6.54 Å². The molecule has 2 amide bonds. The summed E-state index contributed by atoms with van der Waals surface area (Å²) in [5.74, 6) is -0.367. The number of hydrogen-bond acceptors (Lipinski definition) is 3. The average Bonchev–Trinajstić information content (AvgIpc) is 3.15. The minimum atomic E-state index is -0.210. The Morgan fingerprint density at radius 1 is 0.808 bits per heavy atom. The third-order valence-electron chi connectivity index (χ3n) is 3.81. The zero-order chi connectivity index (χ0) is 18.2. The maximum absolute atomic E-state index is 12.1. The van der Waals surface area contributed by atoms with Gasteiger partial charge in [-0.3, -0.25) is 14.3 Å². The van der Waals surface area contributed by atoms with E-state index in [4.69, 9.17) is 0 Å². The molecule has 0 saturated carbocycles. The van der Waals surface area contributed by atoms with E-state index in [1.807, 2.05) is 48.5 Å². The van der Waals surface area contributed by atoms with Crippen molar-refractivity contribution in [2.24, 2.45) is 0 Å². The topological polar surface area (TPSA) is 76.0 Å². The predicted molar refractivity (Wildman–Crippen MR) is 98.9 cm³/mol. The Kier molecular flexibility index (Phi) is 5.77. The molecular weight excluding hydrogens is 328 g/mol. The summed E-state index contributed by atoms with van der Waals surface area (Å²) >= 11 is 0. The van der Waals surface area contributed by atoms with Crippen LogP contribution in [0.15, 0.2) is 73.1 Å². The zero-order valence-corrected chi connectivity index (χ0v) is 14.3. The van der Waals surface area contributed by atoms with E-state index in [0.29, 0.717) is 30.8 Å². The van der Waals surface area contributed by atoms with Crippen molar-refractivity contribution in [2.75, 3.05) is 13.1 Å². The number of rotatable bonds is 7. The van der Waals surface area contributed by atoms with Crippen molar-refractivity contribution >= 4 is 11.8 Å². The fourth-order valence-corrected chi connectivity index (χ4v) is 2.48. The van der Waals surface area contributed by atoms with Gasteiger partial charge < -0.3 is 10.6 Å². The van der Waals surface area contributed by atoms with Gasteiger partial charge in [0.1, 0.15) is 0 Å². The molecule has 0 unspecified atom stereocenters. The molecule has 6 nitrogen and oxygen atoms in total. The number of aromatic nitrogens is 2. The maximum atomic E-state index is 12.1. The second-order valence-electron chi connectivity index (χ2n) is 5.79. The van der Waals surface area contributed by atoms with Gasteiger partial charge in [-0.2, -0.15) is 5.10 Å². The van der Waals surface area contributed by atoms with E-state index in [2.05, 4.69) is 15.7 Å². The number of benzene rings is 2. The van der Waals surface area contributed by atoms with Gasteiger partial charge in [0.15, 0.2) is 0 Å². The molecule has 1 heterocycles. The molecule has 132 valence electrons. The Morgan fingerprint density at radius 3 is 2.04 bits per heavy atom. The van der Waals surface area contributed by atoms with E-state index in [-0.39, 0.29) is 11.8 Å². The number of carbonyl (C=O) groups excluding carboxylic acids is 2. The summed E-state index contributed by atoms with van der Waals surface area (Å²) in [6.07, 6.45) is 3.26. The van der Waals surface area contributed by atoms with E-state index in [9.17, 15) is 9.59 Å². The molecule has 0 spiro atoms. The van der Waals surface area contributed by atoms with Gasteiger partial charge in [0.2, 0.25) is 0 Å². The van der Waals surface area contributed by atoms with Crippen LogP contribution in [0.2, 0.25) is 0 Å². The van der Waals surface area contributed by atoms with Gasteiger partial charge in [0.25, 0.3) is 11.8 Å². The van der Waals surface area contributed by atoms with Crippen molar-refractivity contribution in [1.29, 1.82) is 0 Å². The maximum Gasteiger partial charge on any atom is 0.254 e. The number of carbonyl (C=O) groups is 2. The standard InChI is InChI=1S/C20H20N4O2/c25-19(17-9-5-2-6-10-17)21-11-12-22-20(26)18-13-23-24(15-18)14-16-7-3-1-4-8-16/h1-10,13,15H,11-12,14H2,(H,21,25)(H,22,26). The first-order valence-electron chi connectivity index (χ1n) is 8.40. The third-order valence-corrected chi connectivity index (χ3v) is 3.81. The van der Waals surface area contributed by atoms with E-state index in [0.717, 1.165) is 5.56 Å². The number of hydrogen-bond donors (Lipinski definition) is 2. The Labute approximate surface area is 151 Å². The highest BCUT2D eigenvalue weighted by atomic mass is 16.2. The van der Waals surface area contributed by atoms with Gasteiger partial charge >= 0.3 is 0 Å². The molecule has 2 aromatic carbocycles. The van der Waals surface area contributed by atoms with Crippen LogP contribution in [0.3, 0.4) is 0 Å². The van der Waals surface area contributed by atoms with Crippen molar-refractivity contribution in [3.05, 3.63) is 89.7 Å². The lowest BCUT2D eigenvalue weighted by Crippen LogP contribution is -2.34. The fourth-order valence-electron chi connectivity index (χ4n) is 2.48. The van der Waals surface area contributed by atoms with Gasteiger partial charge in [-0.25, -0.2) is 0 Å². The molecule has 1 aromatic heterocycles. The molecule has 2 N–H and O–H groups in total. The Morgan fingerprint density at radius 2 is 1.38 bits per heavy atom. The molecule has 0 aliphatic rings. The van der Waals surface area contributed by atoms with Crippen LogP contribution >= 0.6 is 0 Å². The molecule has 0 radical (unpaired) electrons. The molecule has 3 rings (SSSR count). The average molecular weight is 348 g/mol. The Hall–Kier alpha value is -3.41. The third kappa shape index (κ3) is 4.80. The number of nitrogens with one attached hydrogen (secondary N) is 2. The molecule has 0 bridgehead atoms. The monoisotopic (exact) mass is 348 g/mol. The summed E-state index contributed by atoms with van der Waals surface area (Å²) in [7, 11) is 0. The Bertz CT molecular complexity index is 860. The molecule has 6 heteroatoms. The summed E-state index contributed by atoms with van der Waals surface area (Å²) in [4.78, 5) is 24.0. The van der Waals surface area contributed by atoms with Crippen molar-refractivity contribution < 1.29 is 9.59 Å². The molecular formula is C20H20N4O2. The quantitative estimate of drug-likeness (QED) is 0.642. The molecule has 26 heavy (non-hydrogen) atoms. The Balaban J connectivity index is 1.43. The largest absolute Gasteiger partial charge is 0.350 e. The molecule has 0 atom stereocenters. The second kappa shape index (κ2) is 8.62. The zero-order valence-electron chi connectivity index (χ0n) is 14.3. The SMILES string of the molecule is O=C(NCCNC(=O)c1cnn(Cc2ccccc2)c1)c1ccccc1. The smallest absolute Gasteiger partial charge is 0.254 e. The highest BCUT2D eigenvalue weighted by Gasteiger charge is 2.09. The molecule has 0 aliphatic heterocycles. The normalized spacial score (nSPS) is 10.3. The van der Waals surface area contributed by atoms with Crippen LogP contribution in [0.1, 0.15) is 26.3 Å². The minimum absolute atomic E-state index is 0.157. The van der Waals surface area contributed by atoms with Crippen LogP contribution < -0.4 is 10.6 Å². The minimum Gasteiger partial charge on any atom is -0.350 e. The van der Waals surface area contributed by atoms with Crippen molar-refractivity contribution in [3.8, 4) is 0 Å². The van der Waals surface area contributed by atoms with Gasteiger partial charge in [-0.15, -0.1) is 0 Å². The highest BCUT2D eigenvalue weighted by Crippen LogP contribution is 2.04. The van der Waals surface area contributed by atoms with Crippen LogP contribution in [0, 0.1) is 0 Å². The fraction of sp³-hybridized carbons (Fsp3) is 0.150. The number of nitrogens with zero attached hydrogens (tertiary/aromatic N) is 2. The lowest BCUT2D eigenvalue weighted by molar-refractivity contribution is 0.0927. The molecule has 0 fully saturated rings. The summed E-state index contributed by atoms with van der Waals surface area (Å²) in [5, 5.41) is 9.76. The van der Waals surface area contributed by atoms with Crippen LogP contribution in [0.5, 0.6) is 0 Å². The molecule has 0 aliphatic carbocycles. The highest BCUT2D eigenvalue weighted by molar-refractivity contribution is 5.94. The van der Waals surface area contributed by atoms with E-state index < -0.39 is 0 Å². The van der Waals surface area contributed by atoms with Crippen molar-refractivity contribution in [3.63, 3.8) is 0 Å². The lowest BCUT2D eigenvalue weighted by Gasteiger charge is -2.06. The molecule has 3 aromatic rings.